The van der Waals surface area contributed by atoms with E-state index in [1.54, 1.807) is 18.2 Å². The van der Waals surface area contributed by atoms with Crippen molar-refractivity contribution in [2.75, 3.05) is 39.5 Å². The maximum absolute atomic E-state index is 13.3. The van der Waals surface area contributed by atoms with Gasteiger partial charge in [0.15, 0.2) is 11.6 Å². The lowest BCUT2D eigenvalue weighted by Crippen LogP contribution is -2.33. The number of aliphatic carboxylic acids is 2. The second-order valence-electron chi connectivity index (χ2n) is 5.92. The lowest BCUT2D eigenvalue weighted by atomic mass is 10.2. The first-order valence-electron chi connectivity index (χ1n) is 8.81. The number of para-hydroxylation sites is 1. The Morgan fingerprint density at radius 1 is 1.29 bits per heavy atom. The molecule has 2 unspecified atom stereocenters. The van der Waals surface area contributed by atoms with Gasteiger partial charge in [0.25, 0.3) is 0 Å². The Balaban J connectivity index is 0.000000568. The molecule has 0 amide bonds. The van der Waals surface area contributed by atoms with Crippen LogP contribution in [0.25, 0.3) is 0 Å². The number of rotatable bonds is 10. The van der Waals surface area contributed by atoms with Crippen molar-refractivity contribution in [2.24, 2.45) is 0 Å². The van der Waals surface area contributed by atoms with E-state index in [2.05, 4.69) is 5.32 Å². The van der Waals surface area contributed by atoms with Crippen LogP contribution < -0.4 is 10.1 Å². The van der Waals surface area contributed by atoms with E-state index >= 15 is 0 Å². The highest BCUT2D eigenvalue weighted by molar-refractivity contribution is 6.27. The van der Waals surface area contributed by atoms with Gasteiger partial charge in [0.1, 0.15) is 6.61 Å². The number of carboxylic acid groups (broad SMARTS) is 2. The molecule has 2 atom stereocenters. The van der Waals surface area contributed by atoms with Crippen molar-refractivity contribution in [2.45, 2.75) is 25.0 Å². The molecule has 1 heterocycles. The van der Waals surface area contributed by atoms with Crippen LogP contribution in [-0.2, 0) is 19.1 Å². The van der Waals surface area contributed by atoms with E-state index in [0.717, 1.165) is 19.4 Å². The van der Waals surface area contributed by atoms with Gasteiger partial charge in [-0.2, -0.15) is 0 Å². The normalized spacial score (nSPS) is 16.7. The molecule has 1 aromatic carbocycles. The number of carboxylic acids is 2. The second-order valence-corrected chi connectivity index (χ2v) is 5.92. The predicted octanol–water partition coefficient (Wildman–Crippen LogP) is 0.506. The zero-order chi connectivity index (χ0) is 20.8. The van der Waals surface area contributed by atoms with Gasteiger partial charge in [-0.25, -0.2) is 14.0 Å². The molecule has 0 spiro atoms. The molecule has 0 bridgehead atoms. The molecule has 2 rings (SSSR count). The molecule has 1 fully saturated rings. The first-order chi connectivity index (χ1) is 13.4. The summed E-state index contributed by atoms with van der Waals surface area (Å²) in [5.74, 6) is -3.78. The third kappa shape index (κ3) is 10.8. The maximum Gasteiger partial charge on any atom is 0.414 e. The van der Waals surface area contributed by atoms with Gasteiger partial charge in [-0.15, -0.1) is 0 Å². The number of hydrogen-bond acceptors (Lipinski definition) is 7. The topological polar surface area (TPSA) is 135 Å². The second kappa shape index (κ2) is 13.8. The van der Waals surface area contributed by atoms with Crippen LogP contribution >= 0.6 is 0 Å². The standard InChI is InChI=1S/C16H24FNO4.C2H2O4/c17-15-5-1-2-6-16(15)22-9-7-18-10-13(19)11-20-12-14-4-3-8-21-14;3-1(4)2(5)6/h1-2,5-6,13-14,18-19H,3-4,7-12H2;(H,3,4)(H,5,6). The molecule has 28 heavy (non-hydrogen) atoms. The van der Waals surface area contributed by atoms with Gasteiger partial charge >= 0.3 is 11.9 Å². The first kappa shape index (κ1) is 23.8. The minimum absolute atomic E-state index is 0.175. The van der Waals surface area contributed by atoms with E-state index in [1.165, 1.54) is 6.07 Å². The Labute approximate surface area is 162 Å². The fourth-order valence-electron chi connectivity index (χ4n) is 2.23. The summed E-state index contributed by atoms with van der Waals surface area (Å²) in [7, 11) is 0. The quantitative estimate of drug-likeness (QED) is 0.325. The number of aliphatic hydroxyl groups excluding tert-OH is 1. The lowest BCUT2D eigenvalue weighted by Gasteiger charge is -2.15. The molecule has 10 heteroatoms. The predicted molar refractivity (Wildman–Crippen MR) is 95.8 cm³/mol. The fraction of sp³-hybridized carbons (Fsp3) is 0.556. The van der Waals surface area contributed by atoms with E-state index in [1.807, 2.05) is 0 Å². The van der Waals surface area contributed by atoms with E-state index in [9.17, 15) is 9.50 Å². The van der Waals surface area contributed by atoms with E-state index in [0.29, 0.717) is 26.3 Å². The van der Waals surface area contributed by atoms with Crippen LogP contribution in [0.5, 0.6) is 5.75 Å². The largest absolute Gasteiger partial charge is 0.489 e. The summed E-state index contributed by atoms with van der Waals surface area (Å²) in [6.07, 6.45) is 1.71. The molecule has 9 nitrogen and oxygen atoms in total. The summed E-state index contributed by atoms with van der Waals surface area (Å²) in [4.78, 5) is 18.2. The average molecular weight is 403 g/mol. The Morgan fingerprint density at radius 2 is 2.00 bits per heavy atom. The molecule has 1 aromatic rings. The molecule has 0 saturated carbocycles. The Bertz CT molecular complexity index is 583. The fourth-order valence-corrected chi connectivity index (χ4v) is 2.23. The van der Waals surface area contributed by atoms with Gasteiger partial charge in [0.2, 0.25) is 0 Å². The van der Waals surface area contributed by atoms with Gasteiger partial charge in [0, 0.05) is 19.7 Å². The van der Waals surface area contributed by atoms with Crippen molar-refractivity contribution in [3.8, 4) is 5.75 Å². The maximum atomic E-state index is 13.3. The lowest BCUT2D eigenvalue weighted by molar-refractivity contribution is -0.159. The Hall–Kier alpha value is -2.27. The van der Waals surface area contributed by atoms with Crippen LogP contribution in [-0.4, -0.2) is 79.0 Å². The minimum atomic E-state index is -1.82. The monoisotopic (exact) mass is 403 g/mol. The summed E-state index contributed by atoms with van der Waals surface area (Å²) in [6.45, 7) is 2.89. The number of carbonyl (C=O) groups is 2. The zero-order valence-electron chi connectivity index (χ0n) is 15.4. The first-order valence-corrected chi connectivity index (χ1v) is 8.81. The molecule has 158 valence electrons. The SMILES string of the molecule is O=C(O)C(=O)O.OC(CNCCOc1ccccc1F)COCC1CCCO1. The molecule has 0 aliphatic carbocycles. The third-order valence-electron chi connectivity index (χ3n) is 3.57. The van der Waals surface area contributed by atoms with Crippen LogP contribution in [0.3, 0.4) is 0 Å². The molecule has 1 saturated heterocycles. The summed E-state index contributed by atoms with van der Waals surface area (Å²) >= 11 is 0. The Morgan fingerprint density at radius 3 is 2.61 bits per heavy atom. The van der Waals surface area contributed by atoms with Crippen LogP contribution in [0.15, 0.2) is 24.3 Å². The van der Waals surface area contributed by atoms with Gasteiger partial charge in [0.05, 0.1) is 25.4 Å². The number of benzene rings is 1. The molecular weight excluding hydrogens is 377 g/mol. The summed E-state index contributed by atoms with van der Waals surface area (Å²) in [5, 5.41) is 27.6. The molecule has 1 aliphatic heterocycles. The summed E-state index contributed by atoms with van der Waals surface area (Å²) in [5.41, 5.74) is 0. The minimum Gasteiger partial charge on any atom is -0.489 e. The van der Waals surface area contributed by atoms with E-state index in [4.69, 9.17) is 34.0 Å². The zero-order valence-corrected chi connectivity index (χ0v) is 15.4. The summed E-state index contributed by atoms with van der Waals surface area (Å²) in [6, 6.07) is 6.29. The van der Waals surface area contributed by atoms with Crippen molar-refractivity contribution in [3.63, 3.8) is 0 Å². The van der Waals surface area contributed by atoms with E-state index in [-0.39, 0.29) is 24.3 Å². The Kier molecular flexibility index (Phi) is 11.7. The van der Waals surface area contributed by atoms with Gasteiger partial charge in [-0.1, -0.05) is 12.1 Å². The van der Waals surface area contributed by atoms with Crippen molar-refractivity contribution < 1.29 is 43.5 Å². The van der Waals surface area contributed by atoms with Gasteiger partial charge in [-0.05, 0) is 25.0 Å². The number of aliphatic hydroxyl groups is 1. The number of halogens is 1. The van der Waals surface area contributed by atoms with Crippen molar-refractivity contribution in [1.29, 1.82) is 0 Å². The molecule has 4 N–H and O–H groups in total. The van der Waals surface area contributed by atoms with E-state index < -0.39 is 18.0 Å². The van der Waals surface area contributed by atoms with Gasteiger partial charge in [-0.3, -0.25) is 0 Å². The van der Waals surface area contributed by atoms with Crippen molar-refractivity contribution in [1.82, 2.24) is 5.32 Å². The highest BCUT2D eigenvalue weighted by Gasteiger charge is 2.16. The van der Waals surface area contributed by atoms with Gasteiger partial charge < -0.3 is 34.8 Å². The number of hydrogen-bond donors (Lipinski definition) is 4. The van der Waals surface area contributed by atoms with Crippen LogP contribution in [0.1, 0.15) is 12.8 Å². The highest BCUT2D eigenvalue weighted by Crippen LogP contribution is 2.14. The number of nitrogens with one attached hydrogen (secondary N) is 1. The van der Waals surface area contributed by atoms with Crippen LogP contribution in [0.4, 0.5) is 4.39 Å². The smallest absolute Gasteiger partial charge is 0.414 e. The molecule has 0 radical (unpaired) electrons. The average Bonchev–Trinajstić information content (AvgIpc) is 3.17. The van der Waals surface area contributed by atoms with Crippen LogP contribution in [0, 0.1) is 5.82 Å². The molecule has 1 aliphatic rings. The van der Waals surface area contributed by atoms with Crippen molar-refractivity contribution in [3.05, 3.63) is 30.1 Å². The van der Waals surface area contributed by atoms with Crippen molar-refractivity contribution >= 4 is 11.9 Å². The number of ether oxygens (including phenoxy) is 3. The molecular formula is C18H26FNO8. The van der Waals surface area contributed by atoms with Crippen LogP contribution in [0.2, 0.25) is 0 Å². The third-order valence-corrected chi connectivity index (χ3v) is 3.57. The highest BCUT2D eigenvalue weighted by atomic mass is 19.1. The molecule has 0 aromatic heterocycles. The summed E-state index contributed by atoms with van der Waals surface area (Å²) < 4.78 is 29.4.